The Bertz CT molecular complexity index is 355. The van der Waals surface area contributed by atoms with Crippen molar-refractivity contribution in [2.24, 2.45) is 0 Å². The minimum Gasteiger partial charge on any atom is -0.505 e. The molecule has 0 unspecified atom stereocenters. The predicted octanol–water partition coefficient (Wildman–Crippen LogP) is 2.86. The van der Waals surface area contributed by atoms with E-state index in [2.05, 4.69) is 21.9 Å². The maximum atomic E-state index is 12.9. The van der Waals surface area contributed by atoms with Crippen LogP contribution in [-0.4, -0.2) is 5.11 Å². The highest BCUT2D eigenvalue weighted by Gasteiger charge is 2.07. The van der Waals surface area contributed by atoms with Gasteiger partial charge in [-0.05, 0) is 24.1 Å². The van der Waals surface area contributed by atoms with Gasteiger partial charge in [0, 0.05) is 10.9 Å². The van der Waals surface area contributed by atoms with E-state index in [1.165, 1.54) is 6.07 Å². The fourth-order valence-corrected chi connectivity index (χ4v) is 1.49. The quantitative estimate of drug-likeness (QED) is 0.792. The highest BCUT2D eigenvalue weighted by molar-refractivity contribution is 9.10. The lowest BCUT2D eigenvalue weighted by Crippen LogP contribution is -1.88. The largest absolute Gasteiger partial charge is 0.505 e. The molecule has 0 aliphatic heterocycles. The van der Waals surface area contributed by atoms with E-state index in [0.29, 0.717) is 22.9 Å². The summed E-state index contributed by atoms with van der Waals surface area (Å²) in [5, 5.41) is 9.28. The van der Waals surface area contributed by atoms with E-state index in [-0.39, 0.29) is 5.75 Å². The molecular formula is C10H8BrFO. The second kappa shape index (κ2) is 4.29. The Morgan fingerprint density at radius 3 is 2.85 bits per heavy atom. The first-order valence-corrected chi connectivity index (χ1v) is 4.55. The maximum Gasteiger partial charge on any atom is 0.166 e. The highest BCUT2D eigenvalue weighted by Crippen LogP contribution is 2.26. The number of halogens is 2. The van der Waals surface area contributed by atoms with Crippen LogP contribution in [0.1, 0.15) is 12.0 Å². The van der Waals surface area contributed by atoms with Crippen LogP contribution in [0.3, 0.4) is 0 Å². The Hall–Kier alpha value is -1.01. The molecule has 0 amide bonds. The summed E-state index contributed by atoms with van der Waals surface area (Å²) in [7, 11) is 0. The van der Waals surface area contributed by atoms with Gasteiger partial charge in [-0.3, -0.25) is 0 Å². The van der Waals surface area contributed by atoms with Gasteiger partial charge in [-0.2, -0.15) is 0 Å². The van der Waals surface area contributed by atoms with Crippen molar-refractivity contribution in [3.63, 3.8) is 0 Å². The standard InChI is InChI=1S/C10H8BrFO/c1-2-3-4-7-5-8(11)6-9(12)10(7)13/h1,5-6,13H,3-4H2. The van der Waals surface area contributed by atoms with E-state index in [1.807, 2.05) is 0 Å². The third-order valence-corrected chi connectivity index (χ3v) is 2.10. The molecule has 1 aromatic rings. The summed E-state index contributed by atoms with van der Waals surface area (Å²) in [5.74, 6) is 1.50. The minimum absolute atomic E-state index is 0.307. The van der Waals surface area contributed by atoms with Crippen LogP contribution in [0.4, 0.5) is 4.39 Å². The first-order valence-electron chi connectivity index (χ1n) is 3.75. The van der Waals surface area contributed by atoms with Crippen LogP contribution in [0.5, 0.6) is 5.75 Å². The molecule has 0 aliphatic carbocycles. The zero-order chi connectivity index (χ0) is 9.84. The second-order valence-electron chi connectivity index (χ2n) is 2.60. The zero-order valence-electron chi connectivity index (χ0n) is 6.85. The van der Waals surface area contributed by atoms with Crippen LogP contribution >= 0.6 is 15.9 Å². The molecule has 0 saturated heterocycles. The summed E-state index contributed by atoms with van der Waals surface area (Å²) in [4.78, 5) is 0. The van der Waals surface area contributed by atoms with Crippen molar-refractivity contribution >= 4 is 15.9 Å². The van der Waals surface area contributed by atoms with Gasteiger partial charge in [-0.1, -0.05) is 15.9 Å². The van der Waals surface area contributed by atoms with E-state index >= 15 is 0 Å². The molecule has 0 atom stereocenters. The van der Waals surface area contributed by atoms with Gasteiger partial charge in [-0.25, -0.2) is 4.39 Å². The van der Waals surface area contributed by atoms with Crippen LogP contribution in [-0.2, 0) is 6.42 Å². The van der Waals surface area contributed by atoms with Crippen molar-refractivity contribution in [3.05, 3.63) is 28.0 Å². The van der Waals surface area contributed by atoms with Crippen molar-refractivity contribution in [2.75, 3.05) is 0 Å². The first kappa shape index (κ1) is 10.1. The third kappa shape index (κ3) is 2.46. The molecule has 0 fully saturated rings. The number of phenolic OH excluding ortho intramolecular Hbond substituents is 1. The van der Waals surface area contributed by atoms with Crippen molar-refractivity contribution in [1.82, 2.24) is 0 Å². The van der Waals surface area contributed by atoms with Crippen molar-refractivity contribution < 1.29 is 9.50 Å². The van der Waals surface area contributed by atoms with Crippen molar-refractivity contribution in [1.29, 1.82) is 0 Å². The molecule has 1 rings (SSSR count). The van der Waals surface area contributed by atoms with Crippen LogP contribution in [0.2, 0.25) is 0 Å². The number of terminal acetylenes is 1. The molecular weight excluding hydrogens is 235 g/mol. The third-order valence-electron chi connectivity index (χ3n) is 1.65. The van der Waals surface area contributed by atoms with Gasteiger partial charge in [0.2, 0.25) is 0 Å². The summed E-state index contributed by atoms with van der Waals surface area (Å²) in [6, 6.07) is 2.88. The Kier molecular flexibility index (Phi) is 3.32. The van der Waals surface area contributed by atoms with Crippen LogP contribution in [0, 0.1) is 18.2 Å². The van der Waals surface area contributed by atoms with Gasteiger partial charge in [-0.15, -0.1) is 12.3 Å². The lowest BCUT2D eigenvalue weighted by molar-refractivity contribution is 0.425. The molecule has 0 aromatic heterocycles. The van der Waals surface area contributed by atoms with E-state index in [9.17, 15) is 9.50 Å². The van der Waals surface area contributed by atoms with E-state index < -0.39 is 5.82 Å². The Labute approximate surface area is 84.7 Å². The van der Waals surface area contributed by atoms with Gasteiger partial charge in [0.05, 0.1) is 0 Å². The molecule has 1 aromatic carbocycles. The van der Waals surface area contributed by atoms with Crippen molar-refractivity contribution in [2.45, 2.75) is 12.8 Å². The molecule has 0 saturated carbocycles. The van der Waals surface area contributed by atoms with E-state index in [1.54, 1.807) is 6.07 Å². The fraction of sp³-hybridized carbons (Fsp3) is 0.200. The number of aromatic hydroxyl groups is 1. The van der Waals surface area contributed by atoms with Gasteiger partial charge in [0.25, 0.3) is 0 Å². The van der Waals surface area contributed by atoms with E-state index in [4.69, 9.17) is 6.42 Å². The molecule has 1 N–H and O–H groups in total. The van der Waals surface area contributed by atoms with Crippen LogP contribution in [0.25, 0.3) is 0 Å². The molecule has 13 heavy (non-hydrogen) atoms. The number of phenols is 1. The summed E-state index contributed by atoms with van der Waals surface area (Å²) >= 11 is 3.14. The zero-order valence-corrected chi connectivity index (χ0v) is 8.44. The topological polar surface area (TPSA) is 20.2 Å². The molecule has 0 bridgehead atoms. The molecule has 1 nitrogen and oxygen atoms in total. The number of aryl methyl sites for hydroxylation is 1. The Morgan fingerprint density at radius 1 is 1.54 bits per heavy atom. The number of rotatable bonds is 2. The second-order valence-corrected chi connectivity index (χ2v) is 3.52. The maximum absolute atomic E-state index is 12.9. The lowest BCUT2D eigenvalue weighted by atomic mass is 10.1. The molecule has 0 spiro atoms. The smallest absolute Gasteiger partial charge is 0.166 e. The van der Waals surface area contributed by atoms with Gasteiger partial charge in [0.15, 0.2) is 11.6 Å². The molecule has 0 radical (unpaired) electrons. The summed E-state index contributed by atoms with van der Waals surface area (Å²) in [6.45, 7) is 0. The average Bonchev–Trinajstić information content (AvgIpc) is 2.09. The average molecular weight is 243 g/mol. The molecule has 68 valence electrons. The van der Waals surface area contributed by atoms with Gasteiger partial charge >= 0.3 is 0 Å². The monoisotopic (exact) mass is 242 g/mol. The number of benzene rings is 1. The molecule has 0 aliphatic rings. The first-order chi connectivity index (χ1) is 6.15. The lowest BCUT2D eigenvalue weighted by Gasteiger charge is -2.04. The highest BCUT2D eigenvalue weighted by atomic mass is 79.9. The minimum atomic E-state index is -0.624. The van der Waals surface area contributed by atoms with Gasteiger partial charge < -0.3 is 5.11 Å². The van der Waals surface area contributed by atoms with Gasteiger partial charge in [0.1, 0.15) is 0 Å². The predicted molar refractivity (Wildman–Crippen MR) is 52.9 cm³/mol. The summed E-state index contributed by atoms with van der Waals surface area (Å²) in [5.41, 5.74) is 0.532. The normalized spacial score (nSPS) is 9.62. The van der Waals surface area contributed by atoms with Crippen LogP contribution in [0.15, 0.2) is 16.6 Å². The Morgan fingerprint density at radius 2 is 2.23 bits per heavy atom. The fourth-order valence-electron chi connectivity index (χ4n) is 1.02. The van der Waals surface area contributed by atoms with Crippen molar-refractivity contribution in [3.8, 4) is 18.1 Å². The number of hydrogen-bond acceptors (Lipinski definition) is 1. The number of hydrogen-bond donors (Lipinski definition) is 1. The van der Waals surface area contributed by atoms with E-state index in [0.717, 1.165) is 0 Å². The molecule has 0 heterocycles. The SMILES string of the molecule is C#CCCc1cc(Br)cc(F)c1O. The Balaban J connectivity index is 3.00. The summed E-state index contributed by atoms with van der Waals surface area (Å²) in [6.07, 6.45) is 6.04. The van der Waals surface area contributed by atoms with Crippen LogP contribution < -0.4 is 0 Å². The summed E-state index contributed by atoms with van der Waals surface area (Å²) < 4.78 is 13.5. The molecule has 3 heteroatoms.